The molecule has 0 heterocycles. The van der Waals surface area contributed by atoms with Crippen LogP contribution in [0.15, 0.2) is 47.4 Å². The van der Waals surface area contributed by atoms with Crippen LogP contribution in [0.25, 0.3) is 0 Å². The van der Waals surface area contributed by atoms with Gasteiger partial charge in [-0.3, -0.25) is 0 Å². The minimum Gasteiger partial charge on any atom is -0.496 e. The van der Waals surface area contributed by atoms with Crippen LogP contribution in [0.4, 0.5) is 0 Å². The van der Waals surface area contributed by atoms with Crippen LogP contribution in [0.1, 0.15) is 28.4 Å². The summed E-state index contributed by atoms with van der Waals surface area (Å²) in [6, 6.07) is 11.2. The maximum absolute atomic E-state index is 12.5. The quantitative estimate of drug-likeness (QED) is 0.878. The SMILES string of the molecule is CCc1ccc(CS(=O)(=O)c2ccccc2)c(C(=O)O)c1OC. The van der Waals surface area contributed by atoms with Crippen molar-refractivity contribution in [2.75, 3.05) is 7.11 Å². The first-order valence-corrected chi connectivity index (χ1v) is 8.75. The molecule has 0 aliphatic carbocycles. The highest BCUT2D eigenvalue weighted by molar-refractivity contribution is 7.90. The maximum Gasteiger partial charge on any atom is 0.339 e. The number of rotatable bonds is 6. The van der Waals surface area contributed by atoms with E-state index in [1.807, 2.05) is 6.92 Å². The molecule has 2 rings (SSSR count). The molecule has 2 aromatic rings. The lowest BCUT2D eigenvalue weighted by molar-refractivity contribution is 0.0692. The number of sulfone groups is 1. The summed E-state index contributed by atoms with van der Waals surface area (Å²) in [4.78, 5) is 11.8. The largest absolute Gasteiger partial charge is 0.496 e. The van der Waals surface area contributed by atoms with E-state index in [0.29, 0.717) is 6.42 Å². The van der Waals surface area contributed by atoms with E-state index in [4.69, 9.17) is 4.74 Å². The summed E-state index contributed by atoms with van der Waals surface area (Å²) in [6.45, 7) is 1.88. The highest BCUT2D eigenvalue weighted by atomic mass is 32.2. The Kier molecular flexibility index (Phi) is 5.05. The van der Waals surface area contributed by atoms with Gasteiger partial charge in [-0.2, -0.15) is 0 Å². The zero-order valence-electron chi connectivity index (χ0n) is 12.9. The molecule has 0 unspecified atom stereocenters. The number of carbonyl (C=O) groups is 1. The standard InChI is InChI=1S/C17H18O5S/c1-3-12-9-10-13(15(17(18)19)16(12)22-2)11-23(20,21)14-7-5-4-6-8-14/h4-10H,3,11H2,1-2H3,(H,18,19). The number of methoxy groups -OCH3 is 1. The van der Waals surface area contributed by atoms with E-state index in [-0.39, 0.29) is 27.5 Å². The molecule has 0 amide bonds. The van der Waals surface area contributed by atoms with Crippen molar-refractivity contribution < 1.29 is 23.1 Å². The molecule has 2 aromatic carbocycles. The molecule has 0 aliphatic heterocycles. The molecule has 0 fully saturated rings. The van der Waals surface area contributed by atoms with E-state index in [1.165, 1.54) is 19.2 Å². The molecule has 1 N–H and O–H groups in total. The number of carboxylic acids is 1. The lowest BCUT2D eigenvalue weighted by Gasteiger charge is -2.14. The molecular weight excluding hydrogens is 316 g/mol. The fourth-order valence-corrected chi connectivity index (χ4v) is 3.84. The van der Waals surface area contributed by atoms with Crippen molar-refractivity contribution in [1.82, 2.24) is 0 Å². The van der Waals surface area contributed by atoms with Crippen molar-refractivity contribution >= 4 is 15.8 Å². The third-order valence-electron chi connectivity index (χ3n) is 3.57. The molecule has 0 atom stereocenters. The highest BCUT2D eigenvalue weighted by Gasteiger charge is 2.24. The molecule has 5 nitrogen and oxygen atoms in total. The predicted molar refractivity (Wildman–Crippen MR) is 86.7 cm³/mol. The normalized spacial score (nSPS) is 11.2. The van der Waals surface area contributed by atoms with E-state index >= 15 is 0 Å². The Bertz CT molecular complexity index is 810. The van der Waals surface area contributed by atoms with Crippen LogP contribution in [0, 0.1) is 0 Å². The van der Waals surface area contributed by atoms with Gasteiger partial charge in [0.1, 0.15) is 11.3 Å². The van der Waals surface area contributed by atoms with Gasteiger partial charge < -0.3 is 9.84 Å². The van der Waals surface area contributed by atoms with E-state index in [0.717, 1.165) is 5.56 Å². The van der Waals surface area contributed by atoms with Gasteiger partial charge in [-0.05, 0) is 29.7 Å². The smallest absolute Gasteiger partial charge is 0.339 e. The Labute approximate surface area is 135 Å². The Morgan fingerprint density at radius 1 is 1.09 bits per heavy atom. The highest BCUT2D eigenvalue weighted by Crippen LogP contribution is 2.30. The fourth-order valence-electron chi connectivity index (χ4n) is 2.45. The topological polar surface area (TPSA) is 80.7 Å². The number of hydrogen-bond donors (Lipinski definition) is 1. The zero-order chi connectivity index (χ0) is 17.0. The average Bonchev–Trinajstić information content (AvgIpc) is 2.54. The molecule has 0 aliphatic rings. The number of ether oxygens (including phenoxy) is 1. The summed E-state index contributed by atoms with van der Waals surface area (Å²) < 4.78 is 30.2. The minimum atomic E-state index is -3.63. The van der Waals surface area contributed by atoms with Crippen molar-refractivity contribution in [2.45, 2.75) is 24.0 Å². The second kappa shape index (κ2) is 6.83. The molecule has 0 saturated carbocycles. The van der Waals surface area contributed by atoms with Crippen molar-refractivity contribution in [3.05, 3.63) is 59.2 Å². The summed E-state index contributed by atoms with van der Waals surface area (Å²) >= 11 is 0. The van der Waals surface area contributed by atoms with Crippen LogP contribution in [0.5, 0.6) is 5.75 Å². The summed E-state index contributed by atoms with van der Waals surface area (Å²) in [5.74, 6) is -1.37. The Morgan fingerprint density at radius 2 is 1.70 bits per heavy atom. The van der Waals surface area contributed by atoms with Crippen molar-refractivity contribution in [2.24, 2.45) is 0 Å². The van der Waals surface area contributed by atoms with Crippen LogP contribution < -0.4 is 4.74 Å². The van der Waals surface area contributed by atoms with Gasteiger partial charge in [0, 0.05) is 0 Å². The number of aryl methyl sites for hydroxylation is 1. The Balaban J connectivity index is 2.54. The minimum absolute atomic E-state index is 0.0913. The van der Waals surface area contributed by atoms with Gasteiger partial charge >= 0.3 is 5.97 Å². The second-order valence-corrected chi connectivity index (χ2v) is 7.01. The van der Waals surface area contributed by atoms with Crippen LogP contribution in [0.2, 0.25) is 0 Å². The maximum atomic E-state index is 12.5. The second-order valence-electron chi connectivity index (χ2n) is 5.02. The number of carboxylic acid groups (broad SMARTS) is 1. The molecule has 0 aromatic heterocycles. The van der Waals surface area contributed by atoms with Crippen LogP contribution in [0.3, 0.4) is 0 Å². The van der Waals surface area contributed by atoms with E-state index < -0.39 is 15.8 Å². The molecule has 23 heavy (non-hydrogen) atoms. The number of aromatic carboxylic acids is 1. The number of hydrogen-bond acceptors (Lipinski definition) is 4. The van der Waals surface area contributed by atoms with Gasteiger partial charge in [0.2, 0.25) is 0 Å². The molecule has 122 valence electrons. The first kappa shape index (κ1) is 17.0. The van der Waals surface area contributed by atoms with Crippen LogP contribution in [-0.4, -0.2) is 26.6 Å². The van der Waals surface area contributed by atoms with Gasteiger partial charge in [0.15, 0.2) is 9.84 Å². The van der Waals surface area contributed by atoms with E-state index in [9.17, 15) is 18.3 Å². The summed E-state index contributed by atoms with van der Waals surface area (Å²) in [7, 11) is -2.25. The van der Waals surface area contributed by atoms with Gasteiger partial charge in [-0.25, -0.2) is 13.2 Å². The first-order chi connectivity index (χ1) is 10.9. The first-order valence-electron chi connectivity index (χ1n) is 7.10. The summed E-state index contributed by atoms with van der Waals surface area (Å²) in [5.41, 5.74) is 0.854. The van der Waals surface area contributed by atoms with Crippen LogP contribution >= 0.6 is 0 Å². The van der Waals surface area contributed by atoms with E-state index in [2.05, 4.69) is 0 Å². The lowest BCUT2D eigenvalue weighted by atomic mass is 10.0. The molecule has 0 saturated heterocycles. The predicted octanol–water partition coefficient (Wildman–Crippen LogP) is 2.93. The zero-order valence-corrected chi connectivity index (χ0v) is 13.8. The van der Waals surface area contributed by atoms with Crippen molar-refractivity contribution in [3.8, 4) is 5.75 Å². The molecule has 0 radical (unpaired) electrons. The Morgan fingerprint density at radius 3 is 2.22 bits per heavy atom. The van der Waals surface area contributed by atoms with E-state index in [1.54, 1.807) is 30.3 Å². The number of benzene rings is 2. The lowest BCUT2D eigenvalue weighted by Crippen LogP contribution is -2.12. The molecule has 6 heteroatoms. The van der Waals surface area contributed by atoms with Crippen LogP contribution in [-0.2, 0) is 22.0 Å². The third-order valence-corrected chi connectivity index (χ3v) is 5.25. The van der Waals surface area contributed by atoms with Crippen molar-refractivity contribution in [1.29, 1.82) is 0 Å². The van der Waals surface area contributed by atoms with Gasteiger partial charge in [-0.15, -0.1) is 0 Å². The Hall–Kier alpha value is -2.34. The fraction of sp³-hybridized carbons (Fsp3) is 0.235. The third kappa shape index (κ3) is 3.53. The van der Waals surface area contributed by atoms with Gasteiger partial charge in [0.05, 0.1) is 17.8 Å². The van der Waals surface area contributed by atoms with Crippen molar-refractivity contribution in [3.63, 3.8) is 0 Å². The summed E-state index contributed by atoms with van der Waals surface area (Å²) in [5, 5.41) is 9.49. The summed E-state index contributed by atoms with van der Waals surface area (Å²) in [6.07, 6.45) is 0.592. The molecule has 0 bridgehead atoms. The van der Waals surface area contributed by atoms with Gasteiger partial charge in [-0.1, -0.05) is 37.3 Å². The monoisotopic (exact) mass is 334 g/mol. The molecular formula is C17H18O5S. The van der Waals surface area contributed by atoms with Gasteiger partial charge in [0.25, 0.3) is 0 Å². The average molecular weight is 334 g/mol. The molecule has 0 spiro atoms.